The van der Waals surface area contributed by atoms with Gasteiger partial charge in [-0.1, -0.05) is 19.8 Å². The minimum Gasteiger partial charge on any atom is -0.269 e. The summed E-state index contributed by atoms with van der Waals surface area (Å²) in [5.74, 6) is -3.00. The molecule has 13 heavy (non-hydrogen) atoms. The van der Waals surface area contributed by atoms with Gasteiger partial charge in [0, 0.05) is 0 Å². The summed E-state index contributed by atoms with van der Waals surface area (Å²) < 4.78 is 0. The fourth-order valence-electron chi connectivity index (χ4n) is 0.861. The van der Waals surface area contributed by atoms with Crippen molar-refractivity contribution in [2.24, 2.45) is 0 Å². The average Bonchev–Trinajstić information content (AvgIpc) is 2.03. The number of unbranched alkanes of at least 4 members (excludes halogenated alkanes) is 2. The summed E-state index contributed by atoms with van der Waals surface area (Å²) in [6, 6.07) is 0. The van der Waals surface area contributed by atoms with Gasteiger partial charge in [0.1, 0.15) is 16.3 Å². The molecule has 7 nitrogen and oxygen atoms in total. The van der Waals surface area contributed by atoms with Crippen molar-refractivity contribution in [2.75, 3.05) is 0 Å². The van der Waals surface area contributed by atoms with Gasteiger partial charge in [-0.25, -0.2) is 0 Å². The largest absolute Gasteiger partial charge is 0.576 e. The van der Waals surface area contributed by atoms with Crippen molar-refractivity contribution in [3.63, 3.8) is 0 Å². The summed E-state index contributed by atoms with van der Waals surface area (Å²) in [5, 5.41) is 29.3. The Bertz CT molecular complexity index is 191. The van der Waals surface area contributed by atoms with Gasteiger partial charge < -0.3 is 0 Å². The molecule has 0 aromatic heterocycles. The molecule has 7 heteroatoms. The third kappa shape index (κ3) is 2.94. The lowest BCUT2D eigenvalue weighted by Gasteiger charge is -2.09. The van der Waals surface area contributed by atoms with E-state index < -0.39 is 22.1 Å². The van der Waals surface area contributed by atoms with E-state index in [1.807, 2.05) is 6.92 Å². The molecule has 0 aliphatic rings. The first kappa shape index (κ1) is 11.8. The molecular weight excluding hydrogens is 180 g/mol. The summed E-state index contributed by atoms with van der Waals surface area (Å²) in [7, 11) is 0. The lowest BCUT2D eigenvalue weighted by atomic mass is 10.1. The van der Waals surface area contributed by atoms with Gasteiger partial charge >= 0.3 is 5.85 Å². The molecule has 0 bridgehead atoms. The molecule has 0 aliphatic heterocycles. The summed E-state index contributed by atoms with van der Waals surface area (Å²) in [6.07, 6.45) is 1.24. The van der Waals surface area contributed by atoms with E-state index in [-0.39, 0.29) is 6.42 Å². The molecule has 0 fully saturated rings. The number of aliphatic hydroxyl groups is 1. The zero-order chi connectivity index (χ0) is 10.5. The van der Waals surface area contributed by atoms with Crippen LogP contribution in [0.1, 0.15) is 32.6 Å². The summed E-state index contributed by atoms with van der Waals surface area (Å²) in [6.45, 7) is 1.86. The highest BCUT2D eigenvalue weighted by Gasteiger charge is 2.53. The molecule has 0 heterocycles. The van der Waals surface area contributed by atoms with Gasteiger partial charge in [0.25, 0.3) is 0 Å². The third-order valence-electron chi connectivity index (χ3n) is 1.70. The van der Waals surface area contributed by atoms with Crippen LogP contribution in [0.5, 0.6) is 0 Å². The molecule has 76 valence electrons. The maximum absolute atomic E-state index is 10.2. The van der Waals surface area contributed by atoms with Gasteiger partial charge in [0.05, 0.1) is 0 Å². The molecule has 0 saturated heterocycles. The van der Waals surface area contributed by atoms with Crippen LogP contribution in [-0.4, -0.2) is 20.8 Å². The Morgan fingerprint density at radius 2 is 1.69 bits per heavy atom. The van der Waals surface area contributed by atoms with Crippen molar-refractivity contribution in [1.82, 2.24) is 0 Å². The predicted molar refractivity (Wildman–Crippen MR) is 43.1 cm³/mol. The zero-order valence-electron chi connectivity index (χ0n) is 7.30. The monoisotopic (exact) mass is 192 g/mol. The van der Waals surface area contributed by atoms with Crippen LogP contribution in [-0.2, 0) is 0 Å². The van der Waals surface area contributed by atoms with Crippen molar-refractivity contribution < 1.29 is 15.0 Å². The van der Waals surface area contributed by atoms with Crippen LogP contribution in [0, 0.1) is 20.2 Å². The second kappa shape index (κ2) is 4.70. The van der Waals surface area contributed by atoms with E-state index in [9.17, 15) is 20.2 Å². The molecule has 1 N–H and O–H groups in total. The standard InChI is InChI=1S/C6H12N2O5/c1-2-3-4-5-6(9,7(10)11)8(12)13/h9H,2-5H2,1H3. The predicted octanol–water partition coefficient (Wildman–Crippen LogP) is 0.766. The first-order valence-electron chi connectivity index (χ1n) is 3.96. The van der Waals surface area contributed by atoms with Gasteiger partial charge in [0.2, 0.25) is 0 Å². The van der Waals surface area contributed by atoms with E-state index in [1.54, 1.807) is 0 Å². The van der Waals surface area contributed by atoms with Crippen molar-refractivity contribution in [3.8, 4) is 0 Å². The van der Waals surface area contributed by atoms with Crippen molar-refractivity contribution >= 4 is 0 Å². The van der Waals surface area contributed by atoms with E-state index in [1.165, 1.54) is 0 Å². The second-order valence-electron chi connectivity index (χ2n) is 2.75. The molecule has 0 rings (SSSR count). The molecule has 0 radical (unpaired) electrons. The van der Waals surface area contributed by atoms with Gasteiger partial charge in [-0.15, -0.1) is 0 Å². The third-order valence-corrected chi connectivity index (χ3v) is 1.70. The van der Waals surface area contributed by atoms with E-state index in [0.29, 0.717) is 6.42 Å². The molecule has 0 unspecified atom stereocenters. The van der Waals surface area contributed by atoms with Gasteiger partial charge in [-0.3, -0.25) is 25.3 Å². The van der Waals surface area contributed by atoms with E-state index in [4.69, 9.17) is 5.11 Å². The lowest BCUT2D eigenvalue weighted by Crippen LogP contribution is -2.46. The maximum atomic E-state index is 10.2. The highest BCUT2D eigenvalue weighted by molar-refractivity contribution is 4.52. The Labute approximate surface area is 74.7 Å². The van der Waals surface area contributed by atoms with Gasteiger partial charge in [-0.05, 0) is 6.42 Å². The maximum Gasteiger partial charge on any atom is 0.576 e. The van der Waals surface area contributed by atoms with E-state index >= 15 is 0 Å². The first-order chi connectivity index (χ1) is 5.95. The number of hydrogen-bond acceptors (Lipinski definition) is 5. The van der Waals surface area contributed by atoms with Crippen LogP contribution in [0.4, 0.5) is 0 Å². The minimum atomic E-state index is -3.00. The Balaban J connectivity index is 4.26. The van der Waals surface area contributed by atoms with Crippen molar-refractivity contribution in [3.05, 3.63) is 20.2 Å². The molecule has 0 saturated carbocycles. The van der Waals surface area contributed by atoms with Crippen LogP contribution >= 0.6 is 0 Å². The topological polar surface area (TPSA) is 107 Å². The van der Waals surface area contributed by atoms with Gasteiger partial charge in [-0.2, -0.15) is 0 Å². The first-order valence-corrected chi connectivity index (χ1v) is 3.96. The molecule has 0 aliphatic carbocycles. The fourth-order valence-corrected chi connectivity index (χ4v) is 0.861. The molecule has 0 aromatic rings. The van der Waals surface area contributed by atoms with E-state index in [0.717, 1.165) is 6.42 Å². The molecular formula is C6H12N2O5. The van der Waals surface area contributed by atoms with Crippen LogP contribution in [0.25, 0.3) is 0 Å². The van der Waals surface area contributed by atoms with E-state index in [2.05, 4.69) is 0 Å². The molecule has 0 spiro atoms. The van der Waals surface area contributed by atoms with Gasteiger partial charge in [0.15, 0.2) is 0 Å². The average molecular weight is 192 g/mol. The van der Waals surface area contributed by atoms with Crippen LogP contribution < -0.4 is 0 Å². The van der Waals surface area contributed by atoms with Crippen molar-refractivity contribution in [1.29, 1.82) is 0 Å². The minimum absolute atomic E-state index is 0.273. The number of hydrogen-bond donors (Lipinski definition) is 1. The molecule has 0 atom stereocenters. The van der Waals surface area contributed by atoms with Crippen LogP contribution in [0.15, 0.2) is 0 Å². The number of rotatable bonds is 6. The Morgan fingerprint density at radius 3 is 2.00 bits per heavy atom. The lowest BCUT2D eigenvalue weighted by molar-refractivity contribution is -0.848. The number of nitrogens with zero attached hydrogens (tertiary/aromatic N) is 2. The Kier molecular flexibility index (Phi) is 4.26. The summed E-state index contributed by atoms with van der Waals surface area (Å²) in [5.41, 5.74) is 0. The van der Waals surface area contributed by atoms with Crippen LogP contribution in [0.3, 0.4) is 0 Å². The highest BCUT2D eigenvalue weighted by atomic mass is 16.7. The quantitative estimate of drug-likeness (QED) is 0.289. The normalized spacial score (nSPS) is 11.2. The summed E-state index contributed by atoms with van der Waals surface area (Å²) in [4.78, 5) is 17.8. The highest BCUT2D eigenvalue weighted by Crippen LogP contribution is 2.16. The fraction of sp³-hybridized carbons (Fsp3) is 1.00. The smallest absolute Gasteiger partial charge is 0.269 e. The Hall–Kier alpha value is -1.24. The Morgan fingerprint density at radius 1 is 1.23 bits per heavy atom. The summed E-state index contributed by atoms with van der Waals surface area (Å²) >= 11 is 0. The molecule has 0 aromatic carbocycles. The SMILES string of the molecule is CCCCCC(O)([N+](=O)[O-])[N+](=O)[O-]. The second-order valence-corrected chi connectivity index (χ2v) is 2.75. The molecule has 0 amide bonds. The van der Waals surface area contributed by atoms with Crippen LogP contribution in [0.2, 0.25) is 0 Å². The zero-order valence-corrected chi connectivity index (χ0v) is 7.30. The van der Waals surface area contributed by atoms with Crippen molar-refractivity contribution in [2.45, 2.75) is 38.5 Å². The number of nitro groups is 2.